The summed E-state index contributed by atoms with van der Waals surface area (Å²) in [6.07, 6.45) is 5.98. The summed E-state index contributed by atoms with van der Waals surface area (Å²) in [4.78, 5) is 14.6. The quantitative estimate of drug-likeness (QED) is 0.795. The molecule has 1 heterocycles. The van der Waals surface area contributed by atoms with E-state index in [-0.39, 0.29) is 0 Å². The lowest BCUT2D eigenvalue weighted by Crippen LogP contribution is -1.99. The van der Waals surface area contributed by atoms with E-state index in [2.05, 4.69) is 20.9 Å². The van der Waals surface area contributed by atoms with Crippen LogP contribution in [-0.4, -0.2) is 23.2 Å². The number of benzene rings is 1. The van der Waals surface area contributed by atoms with E-state index < -0.39 is 5.97 Å². The largest absolute Gasteiger partial charge is 0.493 e. The van der Waals surface area contributed by atoms with E-state index >= 15 is 0 Å². The molecule has 1 N–H and O–H groups in total. The Kier molecular flexibility index (Phi) is 5.55. The number of methoxy groups -OCH3 is 1. The van der Waals surface area contributed by atoms with E-state index in [0.717, 1.165) is 11.6 Å². The Morgan fingerprint density at radius 2 is 2.27 bits per heavy atom. The summed E-state index contributed by atoms with van der Waals surface area (Å²) in [5.41, 5.74) is 1.63. The molecular weight excluding hydrogens is 350 g/mol. The summed E-state index contributed by atoms with van der Waals surface area (Å²) in [6, 6.07) is 7.23. The average molecular weight is 364 g/mol. The van der Waals surface area contributed by atoms with E-state index in [1.807, 2.05) is 12.1 Å². The zero-order valence-corrected chi connectivity index (χ0v) is 13.4. The Balaban J connectivity index is 2.22. The number of rotatable bonds is 6. The molecule has 0 atom stereocenters. The molecule has 1 aromatic heterocycles. The lowest BCUT2D eigenvalue weighted by Gasteiger charge is -2.13. The number of ether oxygens (including phenoxy) is 2. The molecule has 0 spiro atoms. The highest BCUT2D eigenvalue weighted by molar-refractivity contribution is 9.10. The maximum Gasteiger partial charge on any atom is 0.328 e. The number of aromatic nitrogens is 1. The third kappa shape index (κ3) is 4.33. The monoisotopic (exact) mass is 363 g/mol. The van der Waals surface area contributed by atoms with E-state index in [4.69, 9.17) is 14.6 Å². The van der Waals surface area contributed by atoms with Crippen LogP contribution in [0.1, 0.15) is 11.1 Å². The van der Waals surface area contributed by atoms with Crippen LogP contribution in [0.15, 0.2) is 47.2 Å². The van der Waals surface area contributed by atoms with Crippen LogP contribution >= 0.6 is 15.9 Å². The van der Waals surface area contributed by atoms with Crippen LogP contribution < -0.4 is 9.47 Å². The van der Waals surface area contributed by atoms with Crippen molar-refractivity contribution in [2.45, 2.75) is 6.61 Å². The highest BCUT2D eigenvalue weighted by Gasteiger charge is 2.11. The molecule has 0 aliphatic heterocycles. The van der Waals surface area contributed by atoms with Crippen molar-refractivity contribution in [3.63, 3.8) is 0 Å². The Hall–Kier alpha value is -2.34. The van der Waals surface area contributed by atoms with Crippen molar-refractivity contribution in [3.8, 4) is 11.5 Å². The van der Waals surface area contributed by atoms with Crippen molar-refractivity contribution in [2.24, 2.45) is 0 Å². The fraction of sp³-hybridized carbons (Fsp3) is 0.125. The van der Waals surface area contributed by atoms with Crippen LogP contribution in [-0.2, 0) is 11.4 Å². The number of carboxylic acid groups (broad SMARTS) is 1. The fourth-order valence-electron chi connectivity index (χ4n) is 1.78. The van der Waals surface area contributed by atoms with Crippen molar-refractivity contribution in [1.29, 1.82) is 0 Å². The molecule has 0 saturated carbocycles. The Morgan fingerprint density at radius 3 is 2.91 bits per heavy atom. The molecule has 0 unspecified atom stereocenters. The van der Waals surface area contributed by atoms with E-state index in [0.29, 0.717) is 28.1 Å². The summed E-state index contributed by atoms with van der Waals surface area (Å²) in [5.74, 6) is 0.0640. The first-order chi connectivity index (χ1) is 10.6. The van der Waals surface area contributed by atoms with Gasteiger partial charge in [0.05, 0.1) is 11.6 Å². The molecule has 0 aliphatic rings. The molecule has 0 fully saturated rings. The Bertz CT molecular complexity index is 686. The predicted octanol–water partition coefficient (Wildman–Crippen LogP) is 3.53. The molecule has 6 heteroatoms. The zero-order chi connectivity index (χ0) is 15.9. The second-order valence-corrected chi connectivity index (χ2v) is 5.21. The van der Waals surface area contributed by atoms with Crippen LogP contribution in [0.5, 0.6) is 11.5 Å². The molecule has 0 amide bonds. The van der Waals surface area contributed by atoms with E-state index in [9.17, 15) is 4.79 Å². The van der Waals surface area contributed by atoms with Gasteiger partial charge in [-0.25, -0.2) is 4.79 Å². The molecule has 114 valence electrons. The number of halogens is 1. The summed E-state index contributed by atoms with van der Waals surface area (Å²) in [7, 11) is 1.53. The van der Waals surface area contributed by atoms with Gasteiger partial charge in [-0.2, -0.15) is 0 Å². The second kappa shape index (κ2) is 7.61. The molecule has 2 aromatic rings. The number of carbonyl (C=O) groups is 1. The molecule has 22 heavy (non-hydrogen) atoms. The summed E-state index contributed by atoms with van der Waals surface area (Å²) in [6.45, 7) is 0.354. The molecule has 2 rings (SSSR count). The van der Waals surface area contributed by atoms with Gasteiger partial charge in [-0.05, 0) is 45.8 Å². The Morgan fingerprint density at radius 1 is 1.45 bits per heavy atom. The number of hydrogen-bond donors (Lipinski definition) is 1. The normalized spacial score (nSPS) is 10.6. The number of carboxylic acids is 1. The van der Waals surface area contributed by atoms with Crippen LogP contribution in [0, 0.1) is 0 Å². The lowest BCUT2D eigenvalue weighted by molar-refractivity contribution is -0.131. The smallest absolute Gasteiger partial charge is 0.328 e. The summed E-state index contributed by atoms with van der Waals surface area (Å²) < 4.78 is 11.8. The van der Waals surface area contributed by atoms with Gasteiger partial charge in [0.15, 0.2) is 11.5 Å². The van der Waals surface area contributed by atoms with Gasteiger partial charge in [0, 0.05) is 24.0 Å². The number of aliphatic carboxylic acids is 1. The summed E-state index contributed by atoms with van der Waals surface area (Å²) in [5, 5.41) is 8.68. The topological polar surface area (TPSA) is 68.7 Å². The Labute approximate surface area is 136 Å². The summed E-state index contributed by atoms with van der Waals surface area (Å²) >= 11 is 3.42. The van der Waals surface area contributed by atoms with Gasteiger partial charge in [0.1, 0.15) is 6.61 Å². The SMILES string of the molecule is COc1cc(/C=C/C(=O)O)cc(Br)c1OCc1cccnc1. The molecule has 5 nitrogen and oxygen atoms in total. The molecule has 0 saturated heterocycles. The van der Waals surface area contributed by atoms with Gasteiger partial charge in [-0.15, -0.1) is 0 Å². The van der Waals surface area contributed by atoms with Gasteiger partial charge in [-0.3, -0.25) is 4.98 Å². The minimum Gasteiger partial charge on any atom is -0.493 e. The van der Waals surface area contributed by atoms with Gasteiger partial charge < -0.3 is 14.6 Å². The van der Waals surface area contributed by atoms with E-state index in [1.165, 1.54) is 13.2 Å². The van der Waals surface area contributed by atoms with Gasteiger partial charge in [0.2, 0.25) is 0 Å². The maximum atomic E-state index is 10.6. The molecule has 0 aliphatic carbocycles. The minimum absolute atomic E-state index is 0.354. The van der Waals surface area contributed by atoms with Gasteiger partial charge in [0.25, 0.3) is 0 Å². The average Bonchev–Trinajstić information content (AvgIpc) is 2.52. The molecule has 1 aromatic carbocycles. The number of nitrogens with zero attached hydrogens (tertiary/aromatic N) is 1. The first kappa shape index (κ1) is 16.0. The first-order valence-corrected chi connectivity index (χ1v) is 7.19. The highest BCUT2D eigenvalue weighted by atomic mass is 79.9. The minimum atomic E-state index is -1.01. The fourth-order valence-corrected chi connectivity index (χ4v) is 2.36. The third-order valence-electron chi connectivity index (χ3n) is 2.78. The van der Waals surface area contributed by atoms with Crippen molar-refractivity contribution >= 4 is 28.0 Å². The lowest BCUT2D eigenvalue weighted by atomic mass is 10.2. The third-order valence-corrected chi connectivity index (χ3v) is 3.37. The van der Waals surface area contributed by atoms with Crippen molar-refractivity contribution < 1.29 is 19.4 Å². The number of pyridine rings is 1. The van der Waals surface area contributed by atoms with Crippen molar-refractivity contribution in [2.75, 3.05) is 7.11 Å². The van der Waals surface area contributed by atoms with Crippen molar-refractivity contribution in [1.82, 2.24) is 4.98 Å². The highest BCUT2D eigenvalue weighted by Crippen LogP contribution is 2.37. The van der Waals surface area contributed by atoms with E-state index in [1.54, 1.807) is 24.5 Å². The second-order valence-electron chi connectivity index (χ2n) is 4.36. The molecular formula is C16H14BrNO4. The van der Waals surface area contributed by atoms with Gasteiger partial charge >= 0.3 is 5.97 Å². The van der Waals surface area contributed by atoms with Crippen LogP contribution in [0.2, 0.25) is 0 Å². The standard InChI is InChI=1S/C16H14BrNO4/c1-21-14-8-11(4-5-15(19)20)7-13(17)16(14)22-10-12-3-2-6-18-9-12/h2-9H,10H2,1H3,(H,19,20)/b5-4+. The zero-order valence-electron chi connectivity index (χ0n) is 11.8. The first-order valence-electron chi connectivity index (χ1n) is 6.40. The van der Waals surface area contributed by atoms with Crippen LogP contribution in [0.3, 0.4) is 0 Å². The maximum absolute atomic E-state index is 10.6. The molecule has 0 bridgehead atoms. The van der Waals surface area contributed by atoms with Gasteiger partial charge in [-0.1, -0.05) is 6.07 Å². The van der Waals surface area contributed by atoms with Crippen LogP contribution in [0.4, 0.5) is 0 Å². The van der Waals surface area contributed by atoms with Crippen LogP contribution in [0.25, 0.3) is 6.08 Å². The number of hydrogen-bond acceptors (Lipinski definition) is 4. The predicted molar refractivity (Wildman–Crippen MR) is 85.9 cm³/mol. The molecule has 0 radical (unpaired) electrons. The van der Waals surface area contributed by atoms with Crippen molar-refractivity contribution in [3.05, 3.63) is 58.3 Å².